The number of esters is 1. The Morgan fingerprint density at radius 2 is 1.38 bits per heavy atom. The Hall–Kier alpha value is -2.50. The van der Waals surface area contributed by atoms with Crippen LogP contribution < -0.4 is 48.5 Å². The largest absolute Gasteiger partial charge is 1.00 e. The van der Waals surface area contributed by atoms with Gasteiger partial charge in [-0.15, -0.1) is 0 Å². The van der Waals surface area contributed by atoms with Crippen molar-refractivity contribution in [3.05, 3.63) is 47.5 Å². The molecule has 2 N–H and O–H groups in total. The zero-order chi connectivity index (χ0) is 29.6. The first-order valence-electron chi connectivity index (χ1n) is 14.3. The van der Waals surface area contributed by atoms with Crippen LogP contribution in [0.1, 0.15) is 62.1 Å². The zero-order valence-corrected chi connectivity index (χ0v) is 24.2. The SMILES string of the molecule is CC1CCCO1.[2H]C1([2H])Oc2ccc(C3(C(=O)O)CC3)cc2O1.[2H]C1([2H])Oc2ccc(C3(C(=O)OC)CC3)cc2O1.[Na+].[OH-]. The average molecular weight is 557 g/mol. The van der Waals surface area contributed by atoms with E-state index in [4.69, 9.17) is 39.0 Å². The second kappa shape index (κ2) is 12.8. The summed E-state index contributed by atoms with van der Waals surface area (Å²) in [6.45, 7) is -1.20. The smallest absolute Gasteiger partial charge is 0.870 e. The van der Waals surface area contributed by atoms with Crippen LogP contribution in [0.15, 0.2) is 36.4 Å². The van der Waals surface area contributed by atoms with Gasteiger partial charge in [-0.1, -0.05) is 12.1 Å². The van der Waals surface area contributed by atoms with Crippen molar-refractivity contribution in [1.82, 2.24) is 0 Å². The molecule has 1 atom stereocenters. The topological polar surface area (TPSA) is 140 Å². The summed E-state index contributed by atoms with van der Waals surface area (Å²) in [5.74, 6) is 0.140. The number of aliphatic carboxylic acids is 1. The molecule has 3 fully saturated rings. The first-order chi connectivity index (χ1) is 19.3. The molecular formula is C28H33NaO10. The molecule has 3 aliphatic heterocycles. The van der Waals surface area contributed by atoms with E-state index in [0.717, 1.165) is 25.0 Å². The number of carbonyl (C=O) groups excluding carboxylic acids is 1. The third kappa shape index (κ3) is 6.47. The maximum Gasteiger partial charge on any atom is 1.00 e. The molecule has 206 valence electrons. The Morgan fingerprint density at radius 3 is 1.74 bits per heavy atom. The van der Waals surface area contributed by atoms with Gasteiger partial charge in [-0.3, -0.25) is 9.59 Å². The second-order valence-electron chi connectivity index (χ2n) is 9.68. The van der Waals surface area contributed by atoms with Gasteiger partial charge in [0.25, 0.3) is 0 Å². The molecule has 10 nitrogen and oxygen atoms in total. The van der Waals surface area contributed by atoms with E-state index in [1.165, 1.54) is 20.0 Å². The van der Waals surface area contributed by atoms with Crippen molar-refractivity contribution in [3.63, 3.8) is 0 Å². The van der Waals surface area contributed by atoms with E-state index in [9.17, 15) is 9.59 Å². The Balaban J connectivity index is 0.000000190. The van der Waals surface area contributed by atoms with E-state index >= 15 is 0 Å². The van der Waals surface area contributed by atoms with Crippen molar-refractivity contribution in [1.29, 1.82) is 0 Å². The molecule has 2 aromatic carbocycles. The van der Waals surface area contributed by atoms with Gasteiger partial charge in [0, 0.05) is 6.61 Å². The number of ether oxygens (including phenoxy) is 6. The molecule has 2 saturated carbocycles. The molecule has 0 bridgehead atoms. The van der Waals surface area contributed by atoms with Crippen molar-refractivity contribution in [2.75, 3.05) is 27.2 Å². The van der Waals surface area contributed by atoms with Crippen LogP contribution in [0.25, 0.3) is 0 Å². The molecule has 11 heteroatoms. The average Bonchev–Trinajstić information content (AvgIpc) is 3.79. The predicted molar refractivity (Wildman–Crippen MR) is 133 cm³/mol. The van der Waals surface area contributed by atoms with Crippen molar-refractivity contribution < 1.29 is 83.6 Å². The predicted octanol–water partition coefficient (Wildman–Crippen LogP) is 1.16. The Bertz CT molecular complexity index is 1340. The molecule has 39 heavy (non-hydrogen) atoms. The molecule has 1 saturated heterocycles. The minimum absolute atomic E-state index is 0. The number of fused-ring (bicyclic) bond motifs is 2. The Kier molecular flexibility index (Phi) is 8.35. The Labute approximate surface area is 255 Å². The number of hydrogen-bond acceptors (Lipinski definition) is 9. The van der Waals surface area contributed by atoms with Crippen molar-refractivity contribution in [3.8, 4) is 23.0 Å². The van der Waals surface area contributed by atoms with Crippen LogP contribution in [0.4, 0.5) is 0 Å². The monoisotopic (exact) mass is 556 g/mol. The molecule has 0 spiro atoms. The number of methoxy groups -OCH3 is 1. The van der Waals surface area contributed by atoms with E-state index in [1.54, 1.807) is 36.4 Å². The van der Waals surface area contributed by atoms with Gasteiger partial charge >= 0.3 is 41.5 Å². The van der Waals surface area contributed by atoms with Gasteiger partial charge in [-0.05, 0) is 80.8 Å². The molecule has 7 rings (SSSR count). The van der Waals surface area contributed by atoms with Crippen LogP contribution >= 0.6 is 0 Å². The summed E-state index contributed by atoms with van der Waals surface area (Å²) < 4.78 is 59.2. The van der Waals surface area contributed by atoms with Gasteiger partial charge in [0.1, 0.15) is 5.48 Å². The summed E-state index contributed by atoms with van der Waals surface area (Å²) in [4.78, 5) is 22.9. The number of carbonyl (C=O) groups is 2. The Morgan fingerprint density at radius 1 is 0.897 bits per heavy atom. The van der Waals surface area contributed by atoms with Crippen LogP contribution in [0.2, 0.25) is 0 Å². The minimum Gasteiger partial charge on any atom is -0.870 e. The number of carboxylic acid groups (broad SMARTS) is 1. The van der Waals surface area contributed by atoms with Gasteiger partial charge in [-0.2, -0.15) is 0 Å². The third-order valence-corrected chi connectivity index (χ3v) is 7.24. The van der Waals surface area contributed by atoms with Gasteiger partial charge in [0.15, 0.2) is 23.0 Å². The fourth-order valence-corrected chi connectivity index (χ4v) is 4.58. The summed E-state index contributed by atoms with van der Waals surface area (Å²) in [6.07, 6.45) is 5.77. The van der Waals surface area contributed by atoms with E-state index in [2.05, 4.69) is 6.92 Å². The van der Waals surface area contributed by atoms with Crippen LogP contribution in [0.3, 0.4) is 0 Å². The van der Waals surface area contributed by atoms with E-state index < -0.39 is 30.3 Å². The van der Waals surface area contributed by atoms with Crippen LogP contribution in [-0.2, 0) is 29.9 Å². The maximum atomic E-state index is 11.8. The normalized spacial score (nSPS) is 25.0. The molecule has 0 amide bonds. The molecule has 1 unspecified atom stereocenters. The van der Waals surface area contributed by atoms with Gasteiger partial charge in [0.2, 0.25) is 13.5 Å². The van der Waals surface area contributed by atoms with Crippen LogP contribution in [0, 0.1) is 0 Å². The molecule has 2 aliphatic carbocycles. The molecule has 0 radical (unpaired) electrons. The quantitative estimate of drug-likeness (QED) is 0.431. The number of carboxylic acids is 1. The molecule has 2 aromatic rings. The van der Waals surface area contributed by atoms with Gasteiger partial charge in [0.05, 0.1) is 24.0 Å². The van der Waals surface area contributed by atoms with Crippen molar-refractivity contribution in [2.24, 2.45) is 0 Å². The number of rotatable bonds is 4. The van der Waals surface area contributed by atoms with E-state index in [-0.39, 0.29) is 46.8 Å². The molecule has 5 aliphatic rings. The fraction of sp³-hybridized carbons (Fsp3) is 0.500. The summed E-state index contributed by atoms with van der Waals surface area (Å²) in [5.41, 5.74) is 0.0373. The van der Waals surface area contributed by atoms with Crippen LogP contribution in [0.5, 0.6) is 23.0 Å². The number of hydrogen-bond donors (Lipinski definition) is 1. The maximum absolute atomic E-state index is 11.8. The zero-order valence-electron chi connectivity index (χ0n) is 26.2. The first-order valence-corrected chi connectivity index (χ1v) is 12.3. The van der Waals surface area contributed by atoms with E-state index in [0.29, 0.717) is 41.8 Å². The molecule has 3 heterocycles. The number of benzene rings is 2. The van der Waals surface area contributed by atoms with Crippen molar-refractivity contribution >= 4 is 11.9 Å². The summed E-state index contributed by atoms with van der Waals surface area (Å²) in [7, 11) is 1.37. The first kappa shape index (κ1) is 25.5. The van der Waals surface area contributed by atoms with Crippen molar-refractivity contribution in [2.45, 2.75) is 62.4 Å². The van der Waals surface area contributed by atoms with Gasteiger partial charge < -0.3 is 39.0 Å². The summed E-state index contributed by atoms with van der Waals surface area (Å²) in [6, 6.07) is 9.81. The summed E-state index contributed by atoms with van der Waals surface area (Å²) in [5, 5.41) is 9.16. The van der Waals surface area contributed by atoms with Crippen LogP contribution in [-0.4, -0.2) is 55.8 Å². The third-order valence-electron chi connectivity index (χ3n) is 7.24. The minimum atomic E-state index is -2.17. The van der Waals surface area contributed by atoms with E-state index in [1.807, 2.05) is 0 Å². The second-order valence-corrected chi connectivity index (χ2v) is 9.68. The molecule has 0 aromatic heterocycles. The molecular weight excluding hydrogens is 519 g/mol. The standard InChI is InChI=1S/C12H12O4.C11H10O4.C5H10O.Na.H2O/c1-14-11(13)12(4-5-12)8-2-3-9-10(6-8)16-7-15-9;12-10(13)11(3-4-11)7-1-2-8-9(5-7)15-6-14-8;1-5-3-2-4-6-5;;/h2-3,6H,4-5,7H2,1H3;1-2,5H,3-4,6H2,(H,12,13);5H,2-4H2,1H3;;1H2/q;;;+1;/p-1/i7D2;6D2;;;. The summed E-state index contributed by atoms with van der Waals surface area (Å²) >= 11 is 0. The fourth-order valence-electron chi connectivity index (χ4n) is 4.58. The van der Waals surface area contributed by atoms with Gasteiger partial charge in [-0.25, -0.2) is 0 Å².